The van der Waals surface area contributed by atoms with Crippen LogP contribution in [0.25, 0.3) is 0 Å². The number of carbonyl (C=O) groups excluding carboxylic acids is 1. The van der Waals surface area contributed by atoms with E-state index >= 15 is 0 Å². The lowest BCUT2D eigenvalue weighted by Crippen LogP contribution is -2.16. The number of hydrogen-bond donors (Lipinski definition) is 1. The molecule has 0 saturated heterocycles. The van der Waals surface area contributed by atoms with Crippen LogP contribution in [0, 0.1) is 0 Å². The van der Waals surface area contributed by atoms with E-state index in [1.165, 1.54) is 0 Å². The molecule has 80 valence electrons. The maximum Gasteiger partial charge on any atom is 0.334 e. The summed E-state index contributed by atoms with van der Waals surface area (Å²) in [5.74, 6) is -0.0889. The number of oxime groups is 1. The molecule has 0 atom stereocenters. The van der Waals surface area contributed by atoms with Gasteiger partial charge in [0.25, 0.3) is 0 Å². The van der Waals surface area contributed by atoms with Crippen molar-refractivity contribution in [2.24, 2.45) is 10.9 Å². The lowest BCUT2D eigenvalue weighted by Gasteiger charge is -2.00. The lowest BCUT2D eigenvalue weighted by molar-refractivity contribution is -0.143. The van der Waals surface area contributed by atoms with Crippen molar-refractivity contribution in [3.8, 4) is 0 Å². The standard InChI is InChI=1S/C11H14N2O2/c1-2-11(14)15-13-10(12)8-9-6-4-3-5-7-9/h3-7H,2,8H2,1H3,(H2,12,13). The molecule has 0 unspecified atom stereocenters. The van der Waals surface area contributed by atoms with Crippen LogP contribution in [0.2, 0.25) is 0 Å². The zero-order valence-electron chi connectivity index (χ0n) is 8.64. The molecule has 0 aliphatic heterocycles. The van der Waals surface area contributed by atoms with Gasteiger partial charge in [0.15, 0.2) is 0 Å². The molecule has 0 aliphatic carbocycles. The summed E-state index contributed by atoms with van der Waals surface area (Å²) in [5.41, 5.74) is 6.62. The smallest absolute Gasteiger partial charge is 0.334 e. The van der Waals surface area contributed by atoms with Crippen LogP contribution < -0.4 is 5.73 Å². The van der Waals surface area contributed by atoms with E-state index in [4.69, 9.17) is 5.73 Å². The summed E-state index contributed by atoms with van der Waals surface area (Å²) in [4.78, 5) is 15.3. The quantitative estimate of drug-likeness (QED) is 0.351. The van der Waals surface area contributed by atoms with Crippen molar-refractivity contribution in [1.29, 1.82) is 0 Å². The molecule has 1 aromatic rings. The van der Waals surface area contributed by atoms with Crippen LogP contribution in [0.5, 0.6) is 0 Å². The monoisotopic (exact) mass is 206 g/mol. The molecular weight excluding hydrogens is 192 g/mol. The molecule has 0 aromatic heterocycles. The van der Waals surface area contributed by atoms with Crippen LogP contribution in [0.3, 0.4) is 0 Å². The van der Waals surface area contributed by atoms with Gasteiger partial charge in [-0.15, -0.1) is 0 Å². The van der Waals surface area contributed by atoms with Crippen molar-refractivity contribution >= 4 is 11.8 Å². The molecule has 4 heteroatoms. The van der Waals surface area contributed by atoms with Gasteiger partial charge in [-0.05, 0) is 5.56 Å². The van der Waals surface area contributed by atoms with Gasteiger partial charge in [-0.3, -0.25) is 0 Å². The second-order valence-electron chi connectivity index (χ2n) is 3.06. The molecule has 0 heterocycles. The molecule has 0 saturated carbocycles. The lowest BCUT2D eigenvalue weighted by atomic mass is 10.1. The Balaban J connectivity index is 2.48. The zero-order valence-corrected chi connectivity index (χ0v) is 8.64. The third-order valence-corrected chi connectivity index (χ3v) is 1.78. The number of rotatable bonds is 4. The van der Waals surface area contributed by atoms with E-state index in [9.17, 15) is 4.79 Å². The Bertz CT molecular complexity index is 347. The average molecular weight is 206 g/mol. The Kier molecular flexibility index (Phi) is 4.34. The Labute approximate surface area is 88.7 Å². The number of carbonyl (C=O) groups is 1. The molecule has 0 spiro atoms. The van der Waals surface area contributed by atoms with Gasteiger partial charge >= 0.3 is 5.97 Å². The van der Waals surface area contributed by atoms with Gasteiger partial charge in [-0.2, -0.15) is 0 Å². The summed E-state index contributed by atoms with van der Waals surface area (Å²) < 4.78 is 0. The summed E-state index contributed by atoms with van der Waals surface area (Å²) in [6.45, 7) is 1.70. The molecule has 0 amide bonds. The minimum atomic E-state index is -0.383. The molecule has 0 bridgehead atoms. The fourth-order valence-corrected chi connectivity index (χ4v) is 1.01. The summed E-state index contributed by atoms with van der Waals surface area (Å²) in [5, 5.41) is 3.54. The highest BCUT2D eigenvalue weighted by molar-refractivity contribution is 5.83. The fraction of sp³-hybridized carbons (Fsp3) is 0.273. The van der Waals surface area contributed by atoms with Gasteiger partial charge in [0.05, 0.1) is 0 Å². The minimum Gasteiger partial charge on any atom is -0.384 e. The van der Waals surface area contributed by atoms with E-state index in [1.807, 2.05) is 30.3 Å². The van der Waals surface area contributed by atoms with Gasteiger partial charge < -0.3 is 10.6 Å². The van der Waals surface area contributed by atoms with Crippen LogP contribution in [-0.4, -0.2) is 11.8 Å². The highest BCUT2D eigenvalue weighted by atomic mass is 16.7. The molecule has 0 radical (unpaired) electrons. The molecular formula is C11H14N2O2. The Morgan fingerprint density at radius 2 is 2.07 bits per heavy atom. The van der Waals surface area contributed by atoms with Crippen molar-refractivity contribution in [3.05, 3.63) is 35.9 Å². The van der Waals surface area contributed by atoms with Gasteiger partial charge in [0, 0.05) is 12.8 Å². The van der Waals surface area contributed by atoms with Gasteiger partial charge in [0.1, 0.15) is 5.84 Å². The first kappa shape index (κ1) is 11.2. The largest absolute Gasteiger partial charge is 0.384 e. The average Bonchev–Trinajstić information content (AvgIpc) is 2.27. The zero-order chi connectivity index (χ0) is 11.1. The van der Waals surface area contributed by atoms with Crippen LogP contribution in [-0.2, 0) is 16.1 Å². The molecule has 1 rings (SSSR count). The van der Waals surface area contributed by atoms with E-state index in [2.05, 4.69) is 9.99 Å². The molecule has 4 nitrogen and oxygen atoms in total. The number of benzene rings is 1. The van der Waals surface area contributed by atoms with Crippen LogP contribution in [0.1, 0.15) is 18.9 Å². The normalized spacial score (nSPS) is 11.1. The summed E-state index contributed by atoms with van der Waals surface area (Å²) in [7, 11) is 0. The molecule has 1 aromatic carbocycles. The first-order chi connectivity index (χ1) is 7.22. The second kappa shape index (κ2) is 5.80. The van der Waals surface area contributed by atoms with Crippen LogP contribution >= 0.6 is 0 Å². The first-order valence-corrected chi connectivity index (χ1v) is 4.78. The third kappa shape index (κ3) is 4.26. The van der Waals surface area contributed by atoms with Crippen LogP contribution in [0.4, 0.5) is 0 Å². The Morgan fingerprint density at radius 1 is 1.40 bits per heavy atom. The van der Waals surface area contributed by atoms with Crippen molar-refractivity contribution in [1.82, 2.24) is 0 Å². The minimum absolute atomic E-state index is 0.294. The van der Waals surface area contributed by atoms with E-state index in [0.717, 1.165) is 5.56 Å². The van der Waals surface area contributed by atoms with E-state index in [0.29, 0.717) is 18.7 Å². The number of hydrogen-bond acceptors (Lipinski definition) is 3. The first-order valence-electron chi connectivity index (χ1n) is 4.78. The highest BCUT2D eigenvalue weighted by Gasteiger charge is 1.99. The summed E-state index contributed by atoms with van der Waals surface area (Å²) in [6, 6.07) is 9.63. The molecule has 15 heavy (non-hydrogen) atoms. The Hall–Kier alpha value is -1.84. The van der Waals surface area contributed by atoms with Gasteiger partial charge in [-0.1, -0.05) is 42.4 Å². The van der Waals surface area contributed by atoms with Crippen molar-refractivity contribution in [3.63, 3.8) is 0 Å². The predicted octanol–water partition coefficient (Wildman–Crippen LogP) is 1.45. The maximum absolute atomic E-state index is 10.8. The van der Waals surface area contributed by atoms with E-state index in [-0.39, 0.29) is 5.97 Å². The number of amidine groups is 1. The fourth-order valence-electron chi connectivity index (χ4n) is 1.01. The van der Waals surface area contributed by atoms with E-state index < -0.39 is 0 Å². The second-order valence-corrected chi connectivity index (χ2v) is 3.06. The van der Waals surface area contributed by atoms with Crippen LogP contribution in [0.15, 0.2) is 35.5 Å². The number of nitrogens with zero attached hydrogens (tertiary/aromatic N) is 1. The van der Waals surface area contributed by atoms with Crippen molar-refractivity contribution < 1.29 is 9.63 Å². The summed E-state index contributed by atoms with van der Waals surface area (Å²) in [6.07, 6.45) is 0.778. The number of nitrogens with two attached hydrogens (primary N) is 1. The SMILES string of the molecule is CCC(=O)O/N=C(/N)Cc1ccccc1. The van der Waals surface area contributed by atoms with E-state index in [1.54, 1.807) is 6.92 Å². The third-order valence-electron chi connectivity index (χ3n) is 1.78. The van der Waals surface area contributed by atoms with Gasteiger partial charge in [-0.25, -0.2) is 4.79 Å². The molecule has 0 fully saturated rings. The maximum atomic E-state index is 10.8. The molecule has 2 N–H and O–H groups in total. The topological polar surface area (TPSA) is 64.7 Å². The predicted molar refractivity (Wildman–Crippen MR) is 58.2 cm³/mol. The molecule has 0 aliphatic rings. The summed E-state index contributed by atoms with van der Waals surface area (Å²) >= 11 is 0. The Morgan fingerprint density at radius 3 is 2.67 bits per heavy atom. The van der Waals surface area contributed by atoms with Crippen molar-refractivity contribution in [2.75, 3.05) is 0 Å². The van der Waals surface area contributed by atoms with Gasteiger partial charge in [0.2, 0.25) is 0 Å². The van der Waals surface area contributed by atoms with Crippen molar-refractivity contribution in [2.45, 2.75) is 19.8 Å². The highest BCUT2D eigenvalue weighted by Crippen LogP contribution is 1.99.